The number of aryl methyl sites for hydroxylation is 2. The second kappa shape index (κ2) is 9.15. The highest BCUT2D eigenvalue weighted by Crippen LogP contribution is 2.23. The second-order valence-corrected chi connectivity index (χ2v) is 7.31. The van der Waals surface area contributed by atoms with Crippen molar-refractivity contribution in [2.24, 2.45) is 0 Å². The number of carbonyl (C=O) groups is 1. The van der Waals surface area contributed by atoms with Crippen molar-refractivity contribution in [2.75, 3.05) is 32.8 Å². The molecule has 2 aromatic rings. The highest BCUT2D eigenvalue weighted by atomic mass is 16.6. The van der Waals surface area contributed by atoms with Gasteiger partial charge in [-0.15, -0.1) is 0 Å². The van der Waals surface area contributed by atoms with Crippen LogP contribution < -0.4 is 5.32 Å². The molecule has 0 aliphatic carbocycles. The number of amides is 1. The van der Waals surface area contributed by atoms with E-state index >= 15 is 0 Å². The number of nitrogens with zero attached hydrogens (tertiary/aromatic N) is 4. The molecular formula is C20H27N5O4. The van der Waals surface area contributed by atoms with E-state index in [1.54, 1.807) is 13.8 Å². The number of nitrogens with one attached hydrogen (secondary N) is 1. The maximum Gasteiger partial charge on any atom is 0.312 e. The minimum absolute atomic E-state index is 0.0383. The fourth-order valence-corrected chi connectivity index (χ4v) is 3.64. The van der Waals surface area contributed by atoms with E-state index in [1.165, 1.54) is 10.2 Å². The van der Waals surface area contributed by atoms with E-state index in [1.807, 2.05) is 6.92 Å². The fourth-order valence-electron chi connectivity index (χ4n) is 3.64. The molecule has 9 nitrogen and oxygen atoms in total. The SMILES string of the molecule is Cc1ccc(C(CNC(=O)Cn2nc(C)c([N+](=O)[O-])c2C)N2CCOCC2)cc1. The Hall–Kier alpha value is -2.78. The molecule has 9 heteroatoms. The van der Waals surface area contributed by atoms with Crippen molar-refractivity contribution >= 4 is 11.6 Å². The van der Waals surface area contributed by atoms with Crippen LogP contribution in [0.25, 0.3) is 0 Å². The lowest BCUT2D eigenvalue weighted by Crippen LogP contribution is -2.44. The summed E-state index contributed by atoms with van der Waals surface area (Å²) in [7, 11) is 0. The van der Waals surface area contributed by atoms with Crippen LogP contribution in [-0.4, -0.2) is 58.4 Å². The summed E-state index contributed by atoms with van der Waals surface area (Å²) in [5, 5.41) is 18.3. The van der Waals surface area contributed by atoms with Crippen LogP contribution in [0.3, 0.4) is 0 Å². The zero-order valence-corrected chi connectivity index (χ0v) is 17.1. The van der Waals surface area contributed by atoms with Gasteiger partial charge < -0.3 is 10.1 Å². The van der Waals surface area contributed by atoms with Crippen molar-refractivity contribution < 1.29 is 14.5 Å². The molecule has 1 atom stereocenters. The zero-order chi connectivity index (χ0) is 21.0. The van der Waals surface area contributed by atoms with Crippen LogP contribution in [0.15, 0.2) is 24.3 Å². The normalized spacial score (nSPS) is 15.8. The summed E-state index contributed by atoms with van der Waals surface area (Å²) >= 11 is 0. The average Bonchev–Trinajstić information content (AvgIpc) is 2.97. The van der Waals surface area contributed by atoms with Gasteiger partial charge in [0.15, 0.2) is 0 Å². The van der Waals surface area contributed by atoms with Gasteiger partial charge >= 0.3 is 5.69 Å². The molecular weight excluding hydrogens is 374 g/mol. The number of benzene rings is 1. The van der Waals surface area contributed by atoms with E-state index in [9.17, 15) is 14.9 Å². The van der Waals surface area contributed by atoms with Gasteiger partial charge in [0, 0.05) is 19.6 Å². The summed E-state index contributed by atoms with van der Waals surface area (Å²) in [5.74, 6) is -0.226. The molecule has 0 saturated carbocycles. The largest absolute Gasteiger partial charge is 0.379 e. The first-order valence-electron chi connectivity index (χ1n) is 9.70. The molecule has 1 N–H and O–H groups in total. The third-order valence-corrected chi connectivity index (χ3v) is 5.26. The Morgan fingerprint density at radius 3 is 2.48 bits per heavy atom. The van der Waals surface area contributed by atoms with Crippen molar-refractivity contribution in [1.82, 2.24) is 20.0 Å². The lowest BCUT2D eigenvalue weighted by Gasteiger charge is -2.35. The topological polar surface area (TPSA) is 103 Å². The first kappa shape index (κ1) is 20.9. The minimum atomic E-state index is -0.460. The number of nitro groups is 1. The van der Waals surface area contributed by atoms with Crippen molar-refractivity contribution in [1.29, 1.82) is 0 Å². The van der Waals surface area contributed by atoms with E-state index in [0.29, 0.717) is 31.1 Å². The van der Waals surface area contributed by atoms with Gasteiger partial charge in [-0.1, -0.05) is 29.8 Å². The van der Waals surface area contributed by atoms with Crippen LogP contribution in [0, 0.1) is 30.9 Å². The third kappa shape index (κ3) is 4.99. The van der Waals surface area contributed by atoms with Crippen LogP contribution in [-0.2, 0) is 16.1 Å². The molecule has 1 aliphatic heterocycles. The number of morpholine rings is 1. The second-order valence-electron chi connectivity index (χ2n) is 7.31. The maximum atomic E-state index is 12.5. The van der Waals surface area contributed by atoms with Crippen molar-refractivity contribution in [3.8, 4) is 0 Å². The number of carbonyl (C=O) groups excluding carboxylic acids is 1. The molecule has 1 aromatic carbocycles. The Balaban J connectivity index is 1.69. The monoisotopic (exact) mass is 401 g/mol. The molecule has 3 rings (SSSR count). The standard InChI is InChI=1S/C20H27N5O4/c1-14-4-6-17(7-5-14)18(23-8-10-29-11-9-23)12-21-19(26)13-24-16(3)20(25(27)28)15(2)22-24/h4-7,18H,8-13H2,1-3H3,(H,21,26). The predicted molar refractivity (Wildman–Crippen MR) is 108 cm³/mol. The van der Waals surface area contributed by atoms with Gasteiger partial charge in [0.25, 0.3) is 0 Å². The quantitative estimate of drug-likeness (QED) is 0.562. The van der Waals surface area contributed by atoms with Gasteiger partial charge in [-0.05, 0) is 26.3 Å². The molecule has 1 amide bonds. The van der Waals surface area contributed by atoms with Crippen molar-refractivity contribution in [3.63, 3.8) is 0 Å². The molecule has 0 bridgehead atoms. The fraction of sp³-hybridized carbons (Fsp3) is 0.500. The predicted octanol–water partition coefficient (Wildman–Crippen LogP) is 1.91. The summed E-state index contributed by atoms with van der Waals surface area (Å²) in [5.41, 5.74) is 2.98. The van der Waals surface area contributed by atoms with Crippen molar-refractivity contribution in [2.45, 2.75) is 33.4 Å². The smallest absolute Gasteiger partial charge is 0.312 e. The van der Waals surface area contributed by atoms with E-state index in [2.05, 4.69) is 39.6 Å². The lowest BCUT2D eigenvalue weighted by molar-refractivity contribution is -0.386. The van der Waals surface area contributed by atoms with Crippen LogP contribution in [0.5, 0.6) is 0 Å². The Labute approximate surface area is 169 Å². The Kier molecular flexibility index (Phi) is 6.60. The molecule has 0 radical (unpaired) electrons. The molecule has 2 heterocycles. The van der Waals surface area contributed by atoms with Gasteiger partial charge in [0.05, 0.1) is 24.2 Å². The van der Waals surface area contributed by atoms with E-state index in [-0.39, 0.29) is 24.2 Å². The minimum Gasteiger partial charge on any atom is -0.379 e. The molecule has 1 fully saturated rings. The highest BCUT2D eigenvalue weighted by Gasteiger charge is 2.25. The number of rotatable bonds is 7. The molecule has 1 unspecified atom stereocenters. The molecule has 0 spiro atoms. The Morgan fingerprint density at radius 1 is 1.24 bits per heavy atom. The summed E-state index contributed by atoms with van der Waals surface area (Å²) in [4.78, 5) is 25.5. The van der Waals surface area contributed by atoms with Gasteiger partial charge in [-0.3, -0.25) is 24.5 Å². The van der Waals surface area contributed by atoms with Crippen LogP contribution in [0.1, 0.15) is 28.6 Å². The van der Waals surface area contributed by atoms with Crippen molar-refractivity contribution in [3.05, 3.63) is 56.9 Å². The van der Waals surface area contributed by atoms with E-state index < -0.39 is 4.92 Å². The number of hydrogen-bond donors (Lipinski definition) is 1. The third-order valence-electron chi connectivity index (χ3n) is 5.26. The zero-order valence-electron chi connectivity index (χ0n) is 17.1. The van der Waals surface area contributed by atoms with E-state index in [4.69, 9.17) is 4.74 Å². The molecule has 1 aromatic heterocycles. The number of hydrogen-bond acceptors (Lipinski definition) is 6. The summed E-state index contributed by atoms with van der Waals surface area (Å²) in [6.45, 7) is 8.57. The molecule has 29 heavy (non-hydrogen) atoms. The number of aromatic nitrogens is 2. The molecule has 156 valence electrons. The van der Waals surface area contributed by atoms with Gasteiger partial charge in [-0.2, -0.15) is 5.10 Å². The molecule has 1 aliphatic rings. The Bertz CT molecular complexity index is 872. The van der Waals surface area contributed by atoms with Crippen LogP contribution >= 0.6 is 0 Å². The van der Waals surface area contributed by atoms with Crippen LogP contribution in [0.2, 0.25) is 0 Å². The Morgan fingerprint density at radius 2 is 1.90 bits per heavy atom. The highest BCUT2D eigenvalue weighted by molar-refractivity contribution is 5.76. The summed E-state index contributed by atoms with van der Waals surface area (Å²) in [6, 6.07) is 8.36. The first-order valence-corrected chi connectivity index (χ1v) is 9.70. The van der Waals surface area contributed by atoms with Gasteiger partial charge in [0.2, 0.25) is 5.91 Å². The van der Waals surface area contributed by atoms with E-state index in [0.717, 1.165) is 18.7 Å². The molecule has 1 saturated heterocycles. The first-order chi connectivity index (χ1) is 13.9. The summed E-state index contributed by atoms with van der Waals surface area (Å²) < 4.78 is 6.85. The number of ether oxygens (including phenoxy) is 1. The van der Waals surface area contributed by atoms with Gasteiger partial charge in [-0.25, -0.2) is 0 Å². The summed E-state index contributed by atoms with van der Waals surface area (Å²) in [6.07, 6.45) is 0. The van der Waals surface area contributed by atoms with Crippen LogP contribution in [0.4, 0.5) is 5.69 Å². The van der Waals surface area contributed by atoms with Gasteiger partial charge in [0.1, 0.15) is 17.9 Å². The lowest BCUT2D eigenvalue weighted by atomic mass is 10.0. The average molecular weight is 401 g/mol. The maximum absolute atomic E-state index is 12.5.